The van der Waals surface area contributed by atoms with E-state index in [1.165, 1.54) is 18.4 Å². The van der Waals surface area contributed by atoms with Gasteiger partial charge in [0.2, 0.25) is 0 Å². The molecule has 1 aromatic heterocycles. The summed E-state index contributed by atoms with van der Waals surface area (Å²) in [5, 5.41) is 4.90. The number of amides is 1. The molecule has 1 amide bonds. The Bertz CT molecular complexity index is 685. The standard InChI is InChI=1S/C14H13BrN2O3S/c1-8-4-3-5-10(12(8)15)13(19)17-14-16-9(7-21-14)6-11(18)20-2/h3-5,7H,6H2,1-2H3,(H,16,17,19). The van der Waals surface area contributed by atoms with Crippen LogP contribution in [0.1, 0.15) is 21.6 Å². The Kier molecular flexibility index (Phi) is 5.08. The van der Waals surface area contributed by atoms with E-state index in [4.69, 9.17) is 0 Å². The summed E-state index contributed by atoms with van der Waals surface area (Å²) in [7, 11) is 1.33. The van der Waals surface area contributed by atoms with Gasteiger partial charge in [0, 0.05) is 9.85 Å². The number of nitrogens with zero attached hydrogens (tertiary/aromatic N) is 1. The maximum Gasteiger partial charge on any atom is 0.311 e. The van der Waals surface area contributed by atoms with Crippen LogP contribution in [0.5, 0.6) is 0 Å². The summed E-state index contributed by atoms with van der Waals surface area (Å²) in [6, 6.07) is 5.47. The number of thiazole rings is 1. The predicted molar refractivity (Wildman–Crippen MR) is 84.7 cm³/mol. The van der Waals surface area contributed by atoms with E-state index in [1.54, 1.807) is 11.4 Å². The first-order valence-electron chi connectivity index (χ1n) is 6.09. The molecular weight excluding hydrogens is 356 g/mol. The first-order chi connectivity index (χ1) is 10.0. The van der Waals surface area contributed by atoms with Crippen LogP contribution in [0.3, 0.4) is 0 Å². The van der Waals surface area contributed by atoms with E-state index in [0.717, 1.165) is 10.0 Å². The Hall–Kier alpha value is -1.73. The topological polar surface area (TPSA) is 68.3 Å². The first-order valence-corrected chi connectivity index (χ1v) is 7.76. The van der Waals surface area contributed by atoms with Gasteiger partial charge >= 0.3 is 5.97 Å². The minimum Gasteiger partial charge on any atom is -0.469 e. The molecule has 1 N–H and O–H groups in total. The molecule has 2 rings (SSSR count). The zero-order valence-electron chi connectivity index (χ0n) is 11.5. The lowest BCUT2D eigenvalue weighted by Crippen LogP contribution is -2.13. The van der Waals surface area contributed by atoms with Crippen molar-refractivity contribution in [3.8, 4) is 0 Å². The van der Waals surface area contributed by atoms with E-state index in [9.17, 15) is 9.59 Å². The number of benzene rings is 1. The van der Waals surface area contributed by atoms with Gasteiger partial charge in [-0.2, -0.15) is 0 Å². The summed E-state index contributed by atoms with van der Waals surface area (Å²) in [5.41, 5.74) is 2.10. The Morgan fingerprint density at radius 3 is 2.90 bits per heavy atom. The molecule has 0 aliphatic rings. The van der Waals surface area contributed by atoms with Crippen molar-refractivity contribution in [2.75, 3.05) is 12.4 Å². The summed E-state index contributed by atoms with van der Waals surface area (Å²) in [4.78, 5) is 27.6. The minimum absolute atomic E-state index is 0.0943. The van der Waals surface area contributed by atoms with Gasteiger partial charge in [0.15, 0.2) is 5.13 Å². The van der Waals surface area contributed by atoms with Gasteiger partial charge < -0.3 is 4.74 Å². The van der Waals surface area contributed by atoms with Gasteiger partial charge in [0.25, 0.3) is 5.91 Å². The molecule has 1 heterocycles. The number of anilines is 1. The fraction of sp³-hybridized carbons (Fsp3) is 0.214. The lowest BCUT2D eigenvalue weighted by Gasteiger charge is -2.06. The molecular formula is C14H13BrN2O3S. The van der Waals surface area contributed by atoms with Crippen LogP contribution in [0.15, 0.2) is 28.1 Å². The van der Waals surface area contributed by atoms with E-state index >= 15 is 0 Å². The second kappa shape index (κ2) is 6.82. The number of hydrogen-bond donors (Lipinski definition) is 1. The Morgan fingerprint density at radius 2 is 2.19 bits per heavy atom. The van der Waals surface area contributed by atoms with Crippen molar-refractivity contribution in [1.82, 2.24) is 4.98 Å². The summed E-state index contributed by atoms with van der Waals surface area (Å²) >= 11 is 4.67. The first kappa shape index (κ1) is 15.7. The third kappa shape index (κ3) is 3.89. The van der Waals surface area contributed by atoms with Crippen molar-refractivity contribution in [1.29, 1.82) is 0 Å². The highest BCUT2D eigenvalue weighted by Crippen LogP contribution is 2.23. The molecule has 0 unspecified atom stereocenters. The average molecular weight is 369 g/mol. The number of ether oxygens (including phenoxy) is 1. The molecule has 5 nitrogen and oxygen atoms in total. The van der Waals surface area contributed by atoms with E-state index in [0.29, 0.717) is 16.4 Å². The van der Waals surface area contributed by atoms with E-state index in [2.05, 4.69) is 31.0 Å². The lowest BCUT2D eigenvalue weighted by molar-refractivity contribution is -0.139. The number of nitrogens with one attached hydrogen (secondary N) is 1. The molecule has 110 valence electrons. The SMILES string of the molecule is COC(=O)Cc1csc(NC(=O)c2cccc(C)c2Br)n1. The predicted octanol–water partition coefficient (Wildman–Crippen LogP) is 3.18. The van der Waals surface area contributed by atoms with Crippen molar-refractivity contribution in [2.24, 2.45) is 0 Å². The zero-order valence-corrected chi connectivity index (χ0v) is 13.9. The molecule has 0 atom stereocenters. The Balaban J connectivity index is 2.09. The maximum atomic E-state index is 12.2. The average Bonchev–Trinajstić information content (AvgIpc) is 2.88. The minimum atomic E-state index is -0.361. The van der Waals surface area contributed by atoms with E-state index < -0.39 is 0 Å². The molecule has 0 aliphatic heterocycles. The van der Waals surface area contributed by atoms with Crippen molar-refractivity contribution in [3.63, 3.8) is 0 Å². The van der Waals surface area contributed by atoms with Crippen LogP contribution in [-0.2, 0) is 16.0 Å². The van der Waals surface area contributed by atoms with Crippen LogP contribution in [0.2, 0.25) is 0 Å². The highest BCUT2D eigenvalue weighted by molar-refractivity contribution is 9.10. The van der Waals surface area contributed by atoms with E-state index in [-0.39, 0.29) is 18.3 Å². The van der Waals surface area contributed by atoms with Crippen molar-refractivity contribution < 1.29 is 14.3 Å². The number of carbonyl (C=O) groups is 2. The summed E-state index contributed by atoms with van der Waals surface area (Å²) in [5.74, 6) is -0.607. The summed E-state index contributed by atoms with van der Waals surface area (Å²) in [6.07, 6.45) is 0.0943. The van der Waals surface area contributed by atoms with Gasteiger partial charge in [-0.25, -0.2) is 4.98 Å². The van der Waals surface area contributed by atoms with Crippen LogP contribution in [-0.4, -0.2) is 24.0 Å². The second-order valence-electron chi connectivity index (χ2n) is 4.29. The number of aryl methyl sites for hydroxylation is 1. The van der Waals surface area contributed by atoms with Crippen molar-refractivity contribution >= 4 is 44.3 Å². The summed E-state index contributed by atoms with van der Waals surface area (Å²) < 4.78 is 5.33. The van der Waals surface area contributed by atoms with Crippen LogP contribution in [0, 0.1) is 6.92 Å². The molecule has 0 saturated heterocycles. The third-order valence-corrected chi connectivity index (χ3v) is 4.62. The molecule has 0 saturated carbocycles. The van der Waals surface area contributed by atoms with Gasteiger partial charge in [-0.05, 0) is 34.5 Å². The fourth-order valence-electron chi connectivity index (χ4n) is 1.65. The number of hydrogen-bond acceptors (Lipinski definition) is 5. The normalized spacial score (nSPS) is 10.2. The number of carbonyl (C=O) groups excluding carboxylic acids is 2. The van der Waals surface area contributed by atoms with Gasteiger partial charge in [-0.1, -0.05) is 12.1 Å². The van der Waals surface area contributed by atoms with Crippen molar-refractivity contribution in [3.05, 3.63) is 44.9 Å². The quantitative estimate of drug-likeness (QED) is 0.841. The molecule has 7 heteroatoms. The number of esters is 1. The van der Waals surface area contributed by atoms with Gasteiger partial charge in [0.05, 0.1) is 24.8 Å². The largest absolute Gasteiger partial charge is 0.469 e. The van der Waals surface area contributed by atoms with Crippen LogP contribution in [0.25, 0.3) is 0 Å². The smallest absolute Gasteiger partial charge is 0.311 e. The molecule has 0 spiro atoms. The molecule has 0 aliphatic carbocycles. The molecule has 0 radical (unpaired) electrons. The van der Waals surface area contributed by atoms with Crippen LogP contribution < -0.4 is 5.32 Å². The monoisotopic (exact) mass is 368 g/mol. The van der Waals surface area contributed by atoms with E-state index in [1.807, 2.05) is 19.1 Å². The van der Waals surface area contributed by atoms with Gasteiger partial charge in [-0.3, -0.25) is 14.9 Å². The Morgan fingerprint density at radius 1 is 1.43 bits per heavy atom. The molecule has 21 heavy (non-hydrogen) atoms. The third-order valence-electron chi connectivity index (χ3n) is 2.76. The second-order valence-corrected chi connectivity index (χ2v) is 5.94. The molecule has 1 aromatic carbocycles. The van der Waals surface area contributed by atoms with Gasteiger partial charge in [0.1, 0.15) is 0 Å². The van der Waals surface area contributed by atoms with Crippen LogP contribution in [0.4, 0.5) is 5.13 Å². The molecule has 2 aromatic rings. The van der Waals surface area contributed by atoms with Gasteiger partial charge in [-0.15, -0.1) is 11.3 Å². The van der Waals surface area contributed by atoms with Crippen molar-refractivity contribution in [2.45, 2.75) is 13.3 Å². The Labute approximate surface area is 134 Å². The van der Waals surface area contributed by atoms with Crippen LogP contribution >= 0.6 is 27.3 Å². The zero-order chi connectivity index (χ0) is 15.4. The fourth-order valence-corrected chi connectivity index (χ4v) is 2.80. The molecule has 0 fully saturated rings. The number of rotatable bonds is 4. The number of aromatic nitrogens is 1. The lowest BCUT2D eigenvalue weighted by atomic mass is 10.1. The highest BCUT2D eigenvalue weighted by atomic mass is 79.9. The molecule has 0 bridgehead atoms. The summed E-state index contributed by atoms with van der Waals surface area (Å²) in [6.45, 7) is 1.92. The number of methoxy groups -OCH3 is 1. The number of halogens is 1. The highest BCUT2D eigenvalue weighted by Gasteiger charge is 2.14. The maximum absolute atomic E-state index is 12.2.